The number of fused-ring (bicyclic) bond motifs is 6. The Bertz CT molecular complexity index is 5520. The first kappa shape index (κ1) is 93.6. The van der Waals surface area contributed by atoms with Crippen molar-refractivity contribution in [3.8, 4) is 5.75 Å². The van der Waals surface area contributed by atoms with Crippen LogP contribution in [0.5, 0.6) is 5.75 Å². The summed E-state index contributed by atoms with van der Waals surface area (Å²) in [5.74, 6) is -7.44. The van der Waals surface area contributed by atoms with Crippen molar-refractivity contribution in [3.63, 3.8) is 0 Å². The van der Waals surface area contributed by atoms with Crippen LogP contribution in [0.25, 0.3) is 43.7 Å². The number of hydrazone groups is 1. The zero-order valence-electron chi connectivity index (χ0n) is 66.3. The number of hydrogen-bond acceptors (Lipinski definition) is 25. The fourth-order valence-corrected chi connectivity index (χ4v) is 13.1. The molecule has 636 valence electrons. The second-order valence-corrected chi connectivity index (χ2v) is 28.4. The van der Waals surface area contributed by atoms with Crippen LogP contribution in [0.1, 0.15) is 158 Å². The maximum absolute atomic E-state index is 13.9. The van der Waals surface area contributed by atoms with Gasteiger partial charge in [-0.05, 0) is 136 Å². The van der Waals surface area contributed by atoms with Gasteiger partial charge in [-0.2, -0.15) is 29.3 Å². The number of H-pyrrole nitrogens is 3. The van der Waals surface area contributed by atoms with E-state index in [2.05, 4.69) is 72.0 Å². The molecule has 5 atom stereocenters. The number of guanidine groups is 1. The van der Waals surface area contributed by atoms with Crippen LogP contribution in [0, 0.1) is 11.8 Å². The van der Waals surface area contributed by atoms with E-state index in [1.807, 2.05) is 54.6 Å². The van der Waals surface area contributed by atoms with Gasteiger partial charge in [0.25, 0.3) is 17.4 Å². The van der Waals surface area contributed by atoms with Crippen LogP contribution in [-0.2, 0) is 81.7 Å². The van der Waals surface area contributed by atoms with Gasteiger partial charge in [-0.1, -0.05) is 43.3 Å². The Hall–Kier alpha value is -14.5. The van der Waals surface area contributed by atoms with Gasteiger partial charge in [0.1, 0.15) is 17.2 Å². The number of amides is 6. The SMILES string of the molecule is CC(=O)[C@H](CC(=O)O)NC(=O)[C@H](CCCN=C(N)N)CC(=O)[C@H](C)NC(=O)CCCNC(=O)c1ccc(NCc2cnc3nc(N)[nH]c(=O)c3n2)cc1.CC[C@@H](CNC(=O)CC/C(C)=N/NC(=O)CCC(=O)Cc1ccc2[nH]c(C(=O)Cc3ccc4[nH]c(C(=O)N5CC(CCl)c6c5cc(O)c5ccccc65)cc4c3)cc2c1)C(=O)O.O=C=O.O=C=O. The molecule has 4 aromatic heterocycles. The Morgan fingerprint density at radius 3 is 2.00 bits per heavy atom. The molecule has 1 unspecified atom stereocenters. The van der Waals surface area contributed by atoms with E-state index < -0.39 is 77.1 Å². The lowest BCUT2D eigenvalue weighted by Crippen LogP contribution is -2.46. The van der Waals surface area contributed by atoms with Gasteiger partial charge in [0.15, 0.2) is 34.5 Å². The molecule has 0 fully saturated rings. The summed E-state index contributed by atoms with van der Waals surface area (Å²) in [4.78, 5) is 221. The maximum Gasteiger partial charge on any atom is 0.373 e. The summed E-state index contributed by atoms with van der Waals surface area (Å²) in [5.41, 5.74) is 25.8. The minimum atomic E-state index is -1.28. The number of benzene rings is 5. The molecule has 0 bridgehead atoms. The predicted molar refractivity (Wildman–Crippen MR) is 441 cm³/mol. The molecule has 6 amide bonds. The van der Waals surface area contributed by atoms with Gasteiger partial charge in [-0.25, -0.2) is 15.4 Å². The number of nitrogens with zero attached hydrogens (tertiary/aromatic N) is 6. The number of aromatic amines is 3. The van der Waals surface area contributed by atoms with E-state index in [1.54, 1.807) is 67.3 Å². The molecule has 10 rings (SSSR count). The van der Waals surface area contributed by atoms with Crippen molar-refractivity contribution in [2.24, 2.45) is 33.4 Å². The molecular formula is C82H91ClN18O20. The number of alkyl halides is 1. The number of nitrogen functional groups attached to an aromatic ring is 1. The molecule has 1 aliphatic rings. The van der Waals surface area contributed by atoms with Gasteiger partial charge in [0, 0.05) is 139 Å². The summed E-state index contributed by atoms with van der Waals surface area (Å²) >= 11 is 6.39. The Kier molecular flexibility index (Phi) is 35.5. The number of aromatic nitrogens is 6. The number of carbonyl (C=O) groups is 12. The van der Waals surface area contributed by atoms with Crippen molar-refractivity contribution in [1.29, 1.82) is 0 Å². The largest absolute Gasteiger partial charge is 0.507 e. The van der Waals surface area contributed by atoms with Crippen molar-refractivity contribution in [3.05, 3.63) is 159 Å². The molecule has 5 aromatic carbocycles. The Labute approximate surface area is 694 Å². The van der Waals surface area contributed by atoms with E-state index in [9.17, 15) is 67.4 Å². The number of phenols is 1. The number of nitrogens with one attached hydrogen (secondary N) is 9. The lowest BCUT2D eigenvalue weighted by Gasteiger charge is -2.21. The van der Waals surface area contributed by atoms with E-state index in [-0.39, 0.29) is 167 Å². The van der Waals surface area contributed by atoms with Crippen LogP contribution in [0.15, 0.2) is 124 Å². The third kappa shape index (κ3) is 28.1. The van der Waals surface area contributed by atoms with Gasteiger partial charge in [-0.15, -0.1) is 11.6 Å². The van der Waals surface area contributed by atoms with E-state index in [0.717, 1.165) is 50.8 Å². The van der Waals surface area contributed by atoms with Crippen molar-refractivity contribution in [1.82, 2.24) is 56.6 Å². The van der Waals surface area contributed by atoms with E-state index in [0.29, 0.717) is 70.4 Å². The number of aliphatic imine (C=N–C) groups is 1. The number of Topliss-reactive ketones (excluding diaryl/α,β-unsaturated/α-hetero) is 4. The number of carboxylic acid groups (broad SMARTS) is 2. The molecule has 38 nitrogen and oxygen atoms in total. The fourth-order valence-electron chi connectivity index (χ4n) is 12.9. The lowest BCUT2D eigenvalue weighted by molar-refractivity contribution is -0.193. The molecule has 0 aliphatic carbocycles. The summed E-state index contributed by atoms with van der Waals surface area (Å²) in [6.45, 7) is 7.06. The molecule has 0 radical (unpaired) electrons. The Balaban J connectivity index is 0.000000317. The summed E-state index contributed by atoms with van der Waals surface area (Å²) in [6, 6.07) is 28.2. The van der Waals surface area contributed by atoms with Crippen molar-refractivity contribution in [2.45, 2.75) is 136 Å². The average molecular weight is 1680 g/mol. The number of ketones is 4. The third-order valence-corrected chi connectivity index (χ3v) is 19.6. The molecule has 1 aliphatic heterocycles. The predicted octanol–water partition coefficient (Wildman–Crippen LogP) is 5.24. The number of nitrogens with two attached hydrogens (primary N) is 3. The molecular weight excluding hydrogens is 1590 g/mol. The standard InChI is InChI=1S/C47H47ClN6O8.C33H44N12O8.2CO2/c1-3-29(47(61)62)24-49-43(58)14-8-26(2)52-53-44(59)15-11-33(55)18-27-9-12-36-30(16-27)20-38(50-36)42(57)19-28-10-13-37-31(17-28)21-39(51-37)46(60)54-25-32(23-48)45-35-7-5-4-6-34(35)41(56)22-40(45)54;1-17(24(47)13-20(5-3-12-38-32(34)35)30(52)43-23(18(2)46)14-26(49)50)41-25(48)6-4-11-37-29(51)19-7-9-21(10-8-19)39-15-22-16-40-28-27(42-22)31(53)45-33(36)44-28;2*2-1-3/h4-7,9-10,12-13,16-17,20-22,29,32,50-51,56H,3,8,11,14-15,18-19,23-25H2,1-2H3,(H,49,58)(H,53,59)(H,61,62);7-10,16-17,20,23,39H,3-6,11-15H2,1-2H3,(H,37,51)(H,41,48)(H,43,52)(H,49,50)(H4,34,35,38)(H3,36,40,44,45,53);;/b52-26+;;;/t29-,32?;17-,20+,23-;;/m00../s1. The average Bonchev–Trinajstić information content (AvgIpc) is 1.60. The second kappa shape index (κ2) is 45.9. The highest BCUT2D eigenvalue weighted by Gasteiger charge is 2.36. The number of aromatic hydroxyl groups is 1. The first-order valence-electron chi connectivity index (χ1n) is 38.0. The number of halogens is 1. The third-order valence-electron chi connectivity index (χ3n) is 19.2. The number of carboxylic acids is 2. The van der Waals surface area contributed by atoms with Crippen LogP contribution in [0.4, 0.5) is 17.3 Å². The highest BCUT2D eigenvalue weighted by Crippen LogP contribution is 2.46. The lowest BCUT2D eigenvalue weighted by atomic mass is 9.93. The van der Waals surface area contributed by atoms with Gasteiger partial charge in [-0.3, -0.25) is 72.3 Å². The zero-order valence-corrected chi connectivity index (χ0v) is 67.0. The molecule has 5 heterocycles. The minimum Gasteiger partial charge on any atom is -0.507 e. The minimum absolute atomic E-state index is 0.00369. The number of anilines is 3. The summed E-state index contributed by atoms with van der Waals surface area (Å²) in [7, 11) is 0. The number of carbonyl (C=O) groups excluding carboxylic acids is 14. The van der Waals surface area contributed by atoms with Gasteiger partial charge >= 0.3 is 24.2 Å². The molecule has 0 spiro atoms. The number of phenolic OH excluding ortho intramolecular Hbond substituents is 1. The van der Waals surface area contributed by atoms with Crippen LogP contribution >= 0.6 is 11.6 Å². The van der Waals surface area contributed by atoms with E-state index >= 15 is 0 Å². The van der Waals surface area contributed by atoms with Crippen LogP contribution < -0.4 is 59.7 Å². The second-order valence-electron chi connectivity index (χ2n) is 28.1. The van der Waals surface area contributed by atoms with Crippen molar-refractivity contribution >= 4 is 167 Å². The van der Waals surface area contributed by atoms with Crippen LogP contribution in [0.3, 0.4) is 0 Å². The monoisotopic (exact) mass is 1680 g/mol. The zero-order chi connectivity index (χ0) is 88.6. The topological polar surface area (TPSA) is 615 Å². The van der Waals surface area contributed by atoms with Crippen LogP contribution in [-0.4, -0.2) is 184 Å². The van der Waals surface area contributed by atoms with Crippen molar-refractivity contribution in [2.75, 3.05) is 48.0 Å². The molecule has 18 N–H and O–H groups in total. The number of hydrogen-bond donors (Lipinski definition) is 15. The maximum atomic E-state index is 13.9. The Morgan fingerprint density at radius 1 is 0.719 bits per heavy atom. The van der Waals surface area contributed by atoms with Gasteiger partial charge in [0.05, 0.1) is 54.2 Å². The highest BCUT2D eigenvalue weighted by atomic mass is 35.5. The van der Waals surface area contributed by atoms with Crippen LogP contribution in [0.2, 0.25) is 0 Å². The summed E-state index contributed by atoms with van der Waals surface area (Å²) < 4.78 is 0. The molecule has 9 aromatic rings. The molecule has 121 heavy (non-hydrogen) atoms. The fraction of sp³-hybridized carbons (Fsp3) is 0.341. The molecule has 0 saturated heterocycles. The van der Waals surface area contributed by atoms with E-state index in [1.165, 1.54) is 13.1 Å². The molecule has 39 heteroatoms. The van der Waals surface area contributed by atoms with Crippen molar-refractivity contribution < 1.29 is 92.0 Å². The molecule has 0 saturated carbocycles. The quantitative estimate of drug-likeness (QED) is 0.00585. The number of rotatable bonds is 39. The van der Waals surface area contributed by atoms with E-state index in [4.69, 9.17) is 58.2 Å². The Morgan fingerprint density at radius 2 is 1.36 bits per heavy atom. The smallest absolute Gasteiger partial charge is 0.373 e. The van der Waals surface area contributed by atoms with Gasteiger partial charge in [0.2, 0.25) is 29.6 Å². The van der Waals surface area contributed by atoms with Gasteiger partial charge < -0.3 is 74.0 Å². The first-order chi connectivity index (χ1) is 57.8. The normalized spacial score (nSPS) is 12.9. The highest BCUT2D eigenvalue weighted by molar-refractivity contribution is 6.19. The summed E-state index contributed by atoms with van der Waals surface area (Å²) in [5, 5.41) is 49.6. The first-order valence-corrected chi connectivity index (χ1v) is 38.5. The number of aliphatic carboxylic acids is 2. The summed E-state index contributed by atoms with van der Waals surface area (Å²) in [6.07, 6.45) is 2.76.